The monoisotopic (exact) mass is 267 g/mol. The van der Waals surface area contributed by atoms with E-state index in [2.05, 4.69) is 25.2 Å². The Kier molecular flexibility index (Phi) is 3.60. The Morgan fingerprint density at radius 2 is 1.95 bits per heavy atom. The second kappa shape index (κ2) is 5.54. The quantitative estimate of drug-likeness (QED) is 0.784. The van der Waals surface area contributed by atoms with Crippen molar-refractivity contribution in [3.8, 4) is 6.01 Å². The Labute approximate surface area is 111 Å². The molecule has 2 aliphatic rings. The van der Waals surface area contributed by atoms with Gasteiger partial charge in [-0.15, -0.1) is 0 Å². The van der Waals surface area contributed by atoms with Crippen molar-refractivity contribution in [3.05, 3.63) is 0 Å². The number of hydrogen-bond acceptors (Lipinski definition) is 8. The highest BCUT2D eigenvalue weighted by molar-refractivity contribution is 5.38. The number of aromatic nitrogens is 3. The smallest absolute Gasteiger partial charge is 0.323 e. The highest BCUT2D eigenvalue weighted by Crippen LogP contribution is 2.18. The predicted molar refractivity (Wildman–Crippen MR) is 67.6 cm³/mol. The lowest BCUT2D eigenvalue weighted by atomic mass is 10.3. The van der Waals surface area contributed by atoms with Gasteiger partial charge in [0.1, 0.15) is 6.10 Å². The third-order valence-electron chi connectivity index (χ3n) is 3.00. The van der Waals surface area contributed by atoms with Crippen molar-refractivity contribution in [2.45, 2.75) is 6.10 Å². The van der Waals surface area contributed by atoms with Crippen LogP contribution in [0.25, 0.3) is 0 Å². The summed E-state index contributed by atoms with van der Waals surface area (Å²) >= 11 is 0. The average Bonchev–Trinajstić information content (AvgIpc) is 2.43. The molecule has 3 rings (SSSR count). The molecule has 0 atom stereocenters. The standard InChI is InChI=1S/C11H17N5O3/c1-12-9-13-10(16-2-4-17-5-3-16)15-11(14-9)19-8-6-18-7-8/h8H,2-7H2,1H3,(H,12,13,14,15). The molecule has 1 aromatic rings. The van der Waals surface area contributed by atoms with Gasteiger partial charge in [0.05, 0.1) is 26.4 Å². The molecule has 0 aliphatic carbocycles. The van der Waals surface area contributed by atoms with Crippen LogP contribution in [0.5, 0.6) is 6.01 Å². The van der Waals surface area contributed by atoms with Crippen LogP contribution in [0.2, 0.25) is 0 Å². The van der Waals surface area contributed by atoms with E-state index in [4.69, 9.17) is 14.2 Å². The van der Waals surface area contributed by atoms with Gasteiger partial charge in [-0.2, -0.15) is 15.0 Å². The first kappa shape index (κ1) is 12.4. The second-order valence-corrected chi connectivity index (χ2v) is 4.37. The Morgan fingerprint density at radius 3 is 2.58 bits per heavy atom. The van der Waals surface area contributed by atoms with Crippen molar-refractivity contribution >= 4 is 11.9 Å². The molecule has 0 aromatic carbocycles. The highest BCUT2D eigenvalue weighted by atomic mass is 16.6. The largest absolute Gasteiger partial charge is 0.455 e. The van der Waals surface area contributed by atoms with Crippen LogP contribution in [-0.2, 0) is 9.47 Å². The molecule has 2 saturated heterocycles. The summed E-state index contributed by atoms with van der Waals surface area (Å²) in [7, 11) is 1.77. The summed E-state index contributed by atoms with van der Waals surface area (Å²) in [5.74, 6) is 1.13. The van der Waals surface area contributed by atoms with Crippen LogP contribution in [0.15, 0.2) is 0 Å². The van der Waals surface area contributed by atoms with E-state index in [1.165, 1.54) is 0 Å². The minimum atomic E-state index is 0.0460. The number of ether oxygens (including phenoxy) is 3. The molecular formula is C11H17N5O3. The van der Waals surface area contributed by atoms with Gasteiger partial charge in [0, 0.05) is 20.1 Å². The molecule has 8 heteroatoms. The minimum Gasteiger partial charge on any atom is -0.455 e. The summed E-state index contributed by atoms with van der Waals surface area (Å²) in [6, 6.07) is 0.342. The normalized spacial score (nSPS) is 19.9. The molecule has 0 radical (unpaired) electrons. The number of nitrogens with one attached hydrogen (secondary N) is 1. The lowest BCUT2D eigenvalue weighted by Gasteiger charge is -2.28. The Bertz CT molecular complexity index is 434. The average molecular weight is 267 g/mol. The molecular weight excluding hydrogens is 250 g/mol. The molecule has 2 aliphatic heterocycles. The van der Waals surface area contributed by atoms with Gasteiger partial charge in [-0.1, -0.05) is 0 Å². The van der Waals surface area contributed by atoms with Crippen LogP contribution in [0, 0.1) is 0 Å². The second-order valence-electron chi connectivity index (χ2n) is 4.37. The zero-order valence-corrected chi connectivity index (χ0v) is 10.8. The number of anilines is 2. The third-order valence-corrected chi connectivity index (χ3v) is 3.00. The van der Waals surface area contributed by atoms with Gasteiger partial charge in [-0.05, 0) is 0 Å². The van der Waals surface area contributed by atoms with E-state index >= 15 is 0 Å². The predicted octanol–water partition coefficient (Wildman–Crippen LogP) is -0.472. The van der Waals surface area contributed by atoms with E-state index < -0.39 is 0 Å². The van der Waals surface area contributed by atoms with Gasteiger partial charge < -0.3 is 24.4 Å². The van der Waals surface area contributed by atoms with Crippen LogP contribution < -0.4 is 15.0 Å². The Hall–Kier alpha value is -1.67. The van der Waals surface area contributed by atoms with Crippen LogP contribution in [0.1, 0.15) is 0 Å². The minimum absolute atomic E-state index is 0.0460. The zero-order valence-electron chi connectivity index (χ0n) is 10.8. The van der Waals surface area contributed by atoms with Gasteiger partial charge in [-0.25, -0.2) is 0 Å². The molecule has 0 amide bonds. The molecule has 3 heterocycles. The summed E-state index contributed by atoms with van der Waals surface area (Å²) in [5, 5.41) is 2.92. The number of morpholine rings is 1. The van der Waals surface area contributed by atoms with E-state index in [0.717, 1.165) is 13.1 Å². The van der Waals surface area contributed by atoms with E-state index in [9.17, 15) is 0 Å². The van der Waals surface area contributed by atoms with Crippen molar-refractivity contribution in [1.82, 2.24) is 15.0 Å². The maximum Gasteiger partial charge on any atom is 0.323 e. The Morgan fingerprint density at radius 1 is 1.16 bits per heavy atom. The van der Waals surface area contributed by atoms with Crippen LogP contribution in [0.3, 0.4) is 0 Å². The van der Waals surface area contributed by atoms with E-state index in [0.29, 0.717) is 44.3 Å². The van der Waals surface area contributed by atoms with Gasteiger partial charge in [0.25, 0.3) is 0 Å². The number of rotatable bonds is 4. The SMILES string of the molecule is CNc1nc(OC2COC2)nc(N2CCOCC2)n1. The topological polar surface area (TPSA) is 81.6 Å². The van der Waals surface area contributed by atoms with Crippen LogP contribution in [0.4, 0.5) is 11.9 Å². The van der Waals surface area contributed by atoms with Gasteiger partial charge in [0.15, 0.2) is 0 Å². The lowest BCUT2D eigenvalue weighted by Crippen LogP contribution is -2.40. The Balaban J connectivity index is 1.78. The van der Waals surface area contributed by atoms with E-state index in [1.54, 1.807) is 7.05 Å². The molecule has 0 saturated carbocycles. The molecule has 8 nitrogen and oxygen atoms in total. The van der Waals surface area contributed by atoms with Gasteiger partial charge >= 0.3 is 6.01 Å². The van der Waals surface area contributed by atoms with Crippen molar-refractivity contribution < 1.29 is 14.2 Å². The molecule has 0 bridgehead atoms. The molecule has 0 spiro atoms. The fourth-order valence-electron chi connectivity index (χ4n) is 1.85. The maximum absolute atomic E-state index is 5.64. The summed E-state index contributed by atoms with van der Waals surface area (Å²) < 4.78 is 16.0. The first-order valence-electron chi connectivity index (χ1n) is 6.36. The number of hydrogen-bond donors (Lipinski definition) is 1. The van der Waals surface area contributed by atoms with E-state index in [-0.39, 0.29) is 6.10 Å². The van der Waals surface area contributed by atoms with Crippen molar-refractivity contribution in [3.63, 3.8) is 0 Å². The molecule has 0 unspecified atom stereocenters. The number of nitrogens with zero attached hydrogens (tertiary/aromatic N) is 4. The molecule has 19 heavy (non-hydrogen) atoms. The summed E-state index contributed by atoms with van der Waals surface area (Å²) in [6.07, 6.45) is 0.0460. The van der Waals surface area contributed by atoms with Gasteiger partial charge in [0.2, 0.25) is 11.9 Å². The molecule has 1 N–H and O–H groups in total. The van der Waals surface area contributed by atoms with E-state index in [1.807, 2.05) is 0 Å². The lowest BCUT2D eigenvalue weighted by molar-refractivity contribution is -0.0831. The fraction of sp³-hybridized carbons (Fsp3) is 0.727. The first-order valence-corrected chi connectivity index (χ1v) is 6.36. The molecule has 2 fully saturated rings. The molecule has 104 valence electrons. The van der Waals surface area contributed by atoms with Crippen molar-refractivity contribution in [2.24, 2.45) is 0 Å². The van der Waals surface area contributed by atoms with Gasteiger partial charge in [-0.3, -0.25) is 0 Å². The van der Waals surface area contributed by atoms with Crippen molar-refractivity contribution in [1.29, 1.82) is 0 Å². The first-order chi connectivity index (χ1) is 9.35. The fourth-order valence-corrected chi connectivity index (χ4v) is 1.85. The third kappa shape index (κ3) is 2.85. The van der Waals surface area contributed by atoms with Crippen LogP contribution in [-0.4, -0.2) is 67.6 Å². The zero-order chi connectivity index (χ0) is 13.1. The van der Waals surface area contributed by atoms with Crippen LogP contribution >= 0.6 is 0 Å². The van der Waals surface area contributed by atoms with Crippen molar-refractivity contribution in [2.75, 3.05) is 56.8 Å². The maximum atomic E-state index is 5.64. The summed E-state index contributed by atoms with van der Waals surface area (Å²) in [4.78, 5) is 15.0. The highest BCUT2D eigenvalue weighted by Gasteiger charge is 2.23. The summed E-state index contributed by atoms with van der Waals surface area (Å²) in [6.45, 7) is 4.11. The summed E-state index contributed by atoms with van der Waals surface area (Å²) in [5.41, 5.74) is 0. The molecule has 1 aromatic heterocycles.